The fraction of sp³-hybridized carbons (Fsp3) is 0.571. The maximum Gasteiger partial charge on any atom is 0.128 e. The molecule has 1 unspecified atom stereocenters. The van der Waals surface area contributed by atoms with Crippen molar-refractivity contribution in [2.24, 2.45) is 5.92 Å². The van der Waals surface area contributed by atoms with Crippen LogP contribution in [0, 0.1) is 5.92 Å². The molecule has 0 aromatic heterocycles. The summed E-state index contributed by atoms with van der Waals surface area (Å²) in [5.41, 5.74) is 1.34. The third kappa shape index (κ3) is 1.82. The molecule has 2 rings (SSSR count). The Morgan fingerprint density at radius 2 is 2.12 bits per heavy atom. The number of fused-ring (bicyclic) bond motifs is 1. The molecule has 88 valence electrons. The summed E-state index contributed by atoms with van der Waals surface area (Å²) in [6.07, 6.45) is 2.12. The Morgan fingerprint density at radius 3 is 2.81 bits per heavy atom. The average molecular weight is 220 g/mol. The van der Waals surface area contributed by atoms with Crippen molar-refractivity contribution in [1.29, 1.82) is 0 Å². The summed E-state index contributed by atoms with van der Waals surface area (Å²) in [7, 11) is 0. The average Bonchev–Trinajstić information content (AvgIpc) is 2.28. The first kappa shape index (κ1) is 11.5. The summed E-state index contributed by atoms with van der Waals surface area (Å²) in [4.78, 5) is 0. The molecule has 0 fully saturated rings. The normalized spacial score (nSPS) is 18.8. The summed E-state index contributed by atoms with van der Waals surface area (Å²) in [5.74, 6) is 1.08. The second-order valence-electron chi connectivity index (χ2n) is 5.05. The van der Waals surface area contributed by atoms with Gasteiger partial charge >= 0.3 is 0 Å². The standard InChI is InChI=1S/C14H20O2/c1-10(2)14(3,15)12-8-4-6-11-7-5-9-16-13(11)12/h4,6,8,10,15H,5,7,9H2,1-3H3. The summed E-state index contributed by atoms with van der Waals surface area (Å²) >= 11 is 0. The van der Waals surface area contributed by atoms with Gasteiger partial charge in [-0.1, -0.05) is 32.0 Å². The lowest BCUT2D eigenvalue weighted by Crippen LogP contribution is -2.29. The quantitative estimate of drug-likeness (QED) is 0.830. The van der Waals surface area contributed by atoms with Crippen LogP contribution in [0.15, 0.2) is 18.2 Å². The molecular formula is C14H20O2. The molecule has 0 radical (unpaired) electrons. The van der Waals surface area contributed by atoms with E-state index in [4.69, 9.17) is 4.74 Å². The Kier molecular flexibility index (Phi) is 2.94. The van der Waals surface area contributed by atoms with Crippen LogP contribution in [0.5, 0.6) is 5.75 Å². The van der Waals surface area contributed by atoms with Crippen LogP contribution in [0.25, 0.3) is 0 Å². The first-order chi connectivity index (χ1) is 7.53. The van der Waals surface area contributed by atoms with Gasteiger partial charge in [-0.3, -0.25) is 0 Å². The Hall–Kier alpha value is -1.02. The Labute approximate surface area is 97.3 Å². The van der Waals surface area contributed by atoms with Crippen molar-refractivity contribution < 1.29 is 9.84 Å². The van der Waals surface area contributed by atoms with Gasteiger partial charge < -0.3 is 9.84 Å². The Bertz CT molecular complexity index is 380. The van der Waals surface area contributed by atoms with Crippen LogP contribution < -0.4 is 4.74 Å². The van der Waals surface area contributed by atoms with E-state index in [0.717, 1.165) is 30.8 Å². The Morgan fingerprint density at radius 1 is 1.38 bits per heavy atom. The maximum absolute atomic E-state index is 10.5. The molecular weight excluding hydrogens is 200 g/mol. The monoisotopic (exact) mass is 220 g/mol. The van der Waals surface area contributed by atoms with E-state index in [1.165, 1.54) is 5.56 Å². The molecule has 0 aliphatic carbocycles. The smallest absolute Gasteiger partial charge is 0.128 e. The van der Waals surface area contributed by atoms with Gasteiger partial charge in [0.1, 0.15) is 5.75 Å². The lowest BCUT2D eigenvalue weighted by atomic mass is 9.83. The fourth-order valence-corrected chi connectivity index (χ4v) is 2.10. The lowest BCUT2D eigenvalue weighted by Gasteiger charge is -2.32. The predicted octanol–water partition coefficient (Wildman–Crippen LogP) is 2.88. The van der Waals surface area contributed by atoms with Gasteiger partial charge in [-0.2, -0.15) is 0 Å². The number of aryl methyl sites for hydroxylation is 1. The van der Waals surface area contributed by atoms with Crippen molar-refractivity contribution in [3.05, 3.63) is 29.3 Å². The van der Waals surface area contributed by atoms with Gasteiger partial charge in [-0.25, -0.2) is 0 Å². The van der Waals surface area contributed by atoms with Crippen LogP contribution >= 0.6 is 0 Å². The van der Waals surface area contributed by atoms with E-state index < -0.39 is 5.60 Å². The van der Waals surface area contributed by atoms with E-state index in [1.807, 2.05) is 32.9 Å². The molecule has 1 heterocycles. The molecule has 0 bridgehead atoms. The number of hydrogen-bond acceptors (Lipinski definition) is 2. The minimum Gasteiger partial charge on any atom is -0.493 e. The zero-order valence-electron chi connectivity index (χ0n) is 10.3. The van der Waals surface area contributed by atoms with Gasteiger partial charge in [0, 0.05) is 5.56 Å². The largest absolute Gasteiger partial charge is 0.493 e. The third-order valence-corrected chi connectivity index (χ3v) is 3.60. The molecule has 1 aliphatic rings. The lowest BCUT2D eigenvalue weighted by molar-refractivity contribution is 0.00597. The minimum atomic E-state index is -0.817. The topological polar surface area (TPSA) is 29.5 Å². The van der Waals surface area contributed by atoms with Crippen molar-refractivity contribution in [2.75, 3.05) is 6.61 Å². The molecule has 0 saturated carbocycles. The molecule has 2 nitrogen and oxygen atoms in total. The zero-order chi connectivity index (χ0) is 11.8. The molecule has 0 amide bonds. The van der Waals surface area contributed by atoms with Gasteiger partial charge in [0.25, 0.3) is 0 Å². The molecule has 0 spiro atoms. The van der Waals surface area contributed by atoms with Gasteiger partial charge in [-0.05, 0) is 31.2 Å². The summed E-state index contributed by atoms with van der Waals surface area (Å²) in [6.45, 7) is 6.69. The van der Waals surface area contributed by atoms with Crippen LogP contribution in [-0.2, 0) is 12.0 Å². The molecule has 1 aliphatic heterocycles. The van der Waals surface area contributed by atoms with E-state index in [1.54, 1.807) is 0 Å². The van der Waals surface area contributed by atoms with Gasteiger partial charge in [0.05, 0.1) is 12.2 Å². The molecule has 0 saturated heterocycles. The summed E-state index contributed by atoms with van der Waals surface area (Å²) in [6, 6.07) is 6.08. The van der Waals surface area contributed by atoms with Gasteiger partial charge in [-0.15, -0.1) is 0 Å². The fourth-order valence-electron chi connectivity index (χ4n) is 2.10. The van der Waals surface area contributed by atoms with Crippen molar-refractivity contribution in [3.63, 3.8) is 0 Å². The molecule has 2 heteroatoms. The van der Waals surface area contributed by atoms with E-state index in [2.05, 4.69) is 6.07 Å². The van der Waals surface area contributed by atoms with E-state index >= 15 is 0 Å². The van der Waals surface area contributed by atoms with Crippen LogP contribution in [-0.4, -0.2) is 11.7 Å². The van der Waals surface area contributed by atoms with E-state index in [-0.39, 0.29) is 5.92 Å². The number of ether oxygens (including phenoxy) is 1. The highest BCUT2D eigenvalue weighted by Crippen LogP contribution is 2.39. The minimum absolute atomic E-state index is 0.171. The molecule has 1 aromatic carbocycles. The highest BCUT2D eigenvalue weighted by atomic mass is 16.5. The highest BCUT2D eigenvalue weighted by molar-refractivity contribution is 5.45. The van der Waals surface area contributed by atoms with Crippen molar-refractivity contribution >= 4 is 0 Å². The number of hydrogen-bond donors (Lipinski definition) is 1. The van der Waals surface area contributed by atoms with Gasteiger partial charge in [0.15, 0.2) is 0 Å². The summed E-state index contributed by atoms with van der Waals surface area (Å²) < 4.78 is 5.73. The number of rotatable bonds is 2. The van der Waals surface area contributed by atoms with E-state index in [0.29, 0.717) is 0 Å². The van der Waals surface area contributed by atoms with Crippen LogP contribution in [0.4, 0.5) is 0 Å². The van der Waals surface area contributed by atoms with Crippen LogP contribution in [0.1, 0.15) is 38.3 Å². The van der Waals surface area contributed by atoms with E-state index in [9.17, 15) is 5.11 Å². The van der Waals surface area contributed by atoms with Gasteiger partial charge in [0.2, 0.25) is 0 Å². The molecule has 1 N–H and O–H groups in total. The highest BCUT2D eigenvalue weighted by Gasteiger charge is 2.32. The first-order valence-electron chi connectivity index (χ1n) is 6.01. The predicted molar refractivity (Wildman–Crippen MR) is 64.7 cm³/mol. The van der Waals surface area contributed by atoms with Crippen molar-refractivity contribution in [2.45, 2.75) is 39.2 Å². The molecule has 1 atom stereocenters. The zero-order valence-corrected chi connectivity index (χ0v) is 10.3. The Balaban J connectivity index is 2.49. The second kappa shape index (κ2) is 4.10. The number of para-hydroxylation sites is 1. The van der Waals surface area contributed by atoms with Crippen LogP contribution in [0.3, 0.4) is 0 Å². The van der Waals surface area contributed by atoms with Crippen molar-refractivity contribution in [3.8, 4) is 5.75 Å². The third-order valence-electron chi connectivity index (χ3n) is 3.60. The maximum atomic E-state index is 10.5. The number of aliphatic hydroxyl groups is 1. The first-order valence-corrected chi connectivity index (χ1v) is 6.01. The SMILES string of the molecule is CC(C)C(C)(O)c1cccc2c1OCCC2. The number of benzene rings is 1. The summed E-state index contributed by atoms with van der Waals surface area (Å²) in [5, 5.41) is 10.5. The molecule has 1 aromatic rings. The second-order valence-corrected chi connectivity index (χ2v) is 5.05. The van der Waals surface area contributed by atoms with Crippen molar-refractivity contribution in [1.82, 2.24) is 0 Å². The molecule has 16 heavy (non-hydrogen) atoms. The van der Waals surface area contributed by atoms with Crippen LogP contribution in [0.2, 0.25) is 0 Å².